The van der Waals surface area contributed by atoms with E-state index in [1.165, 1.54) is 0 Å². The highest BCUT2D eigenvalue weighted by atomic mass is 79.9. The first-order chi connectivity index (χ1) is 15.0. The zero-order valence-corrected chi connectivity index (χ0v) is 19.2. The van der Waals surface area contributed by atoms with Crippen molar-refractivity contribution in [2.45, 2.75) is 38.1 Å². The molecule has 10 heteroatoms. The van der Waals surface area contributed by atoms with E-state index in [1.54, 1.807) is 11.3 Å². The molecular weight excluding hydrogens is 482 g/mol. The van der Waals surface area contributed by atoms with E-state index in [-0.39, 0.29) is 12.3 Å². The number of rotatable bonds is 11. The SMILES string of the molecule is NC(=O)N[C@H](CC(=O)NCCCCCc1nc(-c2cccs2)no1)c1ccc(Br)cc1. The Balaban J connectivity index is 1.35. The highest BCUT2D eigenvalue weighted by Gasteiger charge is 2.17. The summed E-state index contributed by atoms with van der Waals surface area (Å²) in [5.41, 5.74) is 6.08. The van der Waals surface area contributed by atoms with Crippen LogP contribution >= 0.6 is 27.3 Å². The van der Waals surface area contributed by atoms with Crippen molar-refractivity contribution in [1.82, 2.24) is 20.8 Å². The highest BCUT2D eigenvalue weighted by molar-refractivity contribution is 9.10. The van der Waals surface area contributed by atoms with E-state index in [1.807, 2.05) is 41.8 Å². The molecule has 164 valence electrons. The van der Waals surface area contributed by atoms with E-state index >= 15 is 0 Å². The number of hydrogen-bond donors (Lipinski definition) is 3. The van der Waals surface area contributed by atoms with Gasteiger partial charge in [-0.15, -0.1) is 11.3 Å². The lowest BCUT2D eigenvalue weighted by Crippen LogP contribution is -2.36. The molecular formula is C21H24BrN5O3S. The maximum absolute atomic E-state index is 12.3. The number of nitrogens with one attached hydrogen (secondary N) is 2. The third-order valence-corrected chi connectivity index (χ3v) is 5.97. The van der Waals surface area contributed by atoms with Crippen LogP contribution in [0.2, 0.25) is 0 Å². The molecule has 0 saturated heterocycles. The predicted octanol–water partition coefficient (Wildman–Crippen LogP) is 4.19. The number of aromatic nitrogens is 2. The van der Waals surface area contributed by atoms with Gasteiger partial charge in [-0.05, 0) is 42.0 Å². The van der Waals surface area contributed by atoms with Crippen LogP contribution in [0, 0.1) is 0 Å². The molecule has 2 heterocycles. The van der Waals surface area contributed by atoms with Gasteiger partial charge < -0.3 is 20.9 Å². The van der Waals surface area contributed by atoms with E-state index < -0.39 is 12.1 Å². The molecule has 0 fully saturated rings. The molecule has 2 aromatic heterocycles. The van der Waals surface area contributed by atoms with Crippen LogP contribution in [0.3, 0.4) is 0 Å². The molecule has 1 atom stereocenters. The standard InChI is InChI=1S/C21H24BrN5O3S/c22-15-9-7-14(8-10-15)16(25-21(23)29)13-18(28)24-11-3-1-2-6-19-26-20(27-30-19)17-5-4-12-31-17/h4-5,7-10,12,16H,1-3,6,11,13H2,(H,24,28)(H3,23,25,29)/t16-/m1/s1. The van der Waals surface area contributed by atoms with Gasteiger partial charge in [-0.2, -0.15) is 4.98 Å². The van der Waals surface area contributed by atoms with Gasteiger partial charge in [-0.25, -0.2) is 4.79 Å². The number of urea groups is 1. The van der Waals surface area contributed by atoms with Crippen LogP contribution in [0.1, 0.15) is 43.2 Å². The van der Waals surface area contributed by atoms with Crippen molar-refractivity contribution in [1.29, 1.82) is 0 Å². The molecule has 31 heavy (non-hydrogen) atoms. The molecule has 0 saturated carbocycles. The normalized spacial score (nSPS) is 11.8. The Morgan fingerprint density at radius 2 is 1.97 bits per heavy atom. The maximum atomic E-state index is 12.3. The van der Waals surface area contributed by atoms with Crippen molar-refractivity contribution in [3.05, 3.63) is 57.7 Å². The van der Waals surface area contributed by atoms with Crippen molar-refractivity contribution in [2.75, 3.05) is 6.54 Å². The van der Waals surface area contributed by atoms with Crippen LogP contribution in [-0.2, 0) is 11.2 Å². The summed E-state index contributed by atoms with van der Waals surface area (Å²) in [7, 11) is 0. The van der Waals surface area contributed by atoms with Gasteiger partial charge in [0.1, 0.15) is 0 Å². The van der Waals surface area contributed by atoms with Crippen LogP contribution in [0.25, 0.3) is 10.7 Å². The molecule has 0 spiro atoms. The fourth-order valence-electron chi connectivity index (χ4n) is 3.04. The molecule has 1 aromatic carbocycles. The molecule has 0 aliphatic carbocycles. The van der Waals surface area contributed by atoms with Gasteiger partial charge in [0.25, 0.3) is 0 Å². The van der Waals surface area contributed by atoms with E-state index in [2.05, 4.69) is 36.7 Å². The Bertz CT molecular complexity index is 975. The van der Waals surface area contributed by atoms with Crippen molar-refractivity contribution in [3.8, 4) is 10.7 Å². The summed E-state index contributed by atoms with van der Waals surface area (Å²) >= 11 is 4.95. The fraction of sp³-hybridized carbons (Fsp3) is 0.333. The average Bonchev–Trinajstić information content (AvgIpc) is 3.42. The second kappa shape index (κ2) is 11.6. The lowest BCUT2D eigenvalue weighted by Gasteiger charge is -2.18. The summed E-state index contributed by atoms with van der Waals surface area (Å²) in [6.07, 6.45) is 3.49. The molecule has 3 rings (SSSR count). The van der Waals surface area contributed by atoms with Gasteiger partial charge in [0, 0.05) is 17.4 Å². The second-order valence-corrected chi connectivity index (χ2v) is 8.83. The van der Waals surface area contributed by atoms with Gasteiger partial charge in [-0.1, -0.05) is 45.7 Å². The van der Waals surface area contributed by atoms with Crippen LogP contribution < -0.4 is 16.4 Å². The Kier molecular flexibility index (Phi) is 8.60. The first-order valence-corrected chi connectivity index (χ1v) is 11.6. The lowest BCUT2D eigenvalue weighted by atomic mass is 10.0. The minimum Gasteiger partial charge on any atom is -0.356 e. The van der Waals surface area contributed by atoms with E-state index in [0.29, 0.717) is 24.7 Å². The molecule has 3 aromatic rings. The van der Waals surface area contributed by atoms with Crippen molar-refractivity contribution < 1.29 is 14.1 Å². The number of nitrogens with two attached hydrogens (primary N) is 1. The van der Waals surface area contributed by atoms with E-state index in [4.69, 9.17) is 10.3 Å². The number of unbranched alkanes of at least 4 members (excludes halogenated alkanes) is 2. The molecule has 0 aliphatic heterocycles. The molecule has 4 N–H and O–H groups in total. The number of thiophene rings is 1. The number of halogens is 1. The summed E-state index contributed by atoms with van der Waals surface area (Å²) < 4.78 is 6.20. The minimum absolute atomic E-state index is 0.123. The van der Waals surface area contributed by atoms with Gasteiger partial charge in [-0.3, -0.25) is 4.79 Å². The fourth-order valence-corrected chi connectivity index (χ4v) is 3.96. The third kappa shape index (κ3) is 7.48. The highest BCUT2D eigenvalue weighted by Crippen LogP contribution is 2.22. The largest absolute Gasteiger partial charge is 0.356 e. The maximum Gasteiger partial charge on any atom is 0.312 e. The monoisotopic (exact) mass is 505 g/mol. The number of carbonyl (C=O) groups is 2. The van der Waals surface area contributed by atoms with E-state index in [0.717, 1.165) is 34.2 Å². The Labute approximate surface area is 192 Å². The molecule has 8 nitrogen and oxygen atoms in total. The zero-order valence-electron chi connectivity index (χ0n) is 16.8. The van der Waals surface area contributed by atoms with Gasteiger partial charge in [0.2, 0.25) is 17.6 Å². The number of benzene rings is 1. The Morgan fingerprint density at radius 1 is 1.16 bits per heavy atom. The first kappa shape index (κ1) is 23.0. The van der Waals surface area contributed by atoms with Crippen molar-refractivity contribution >= 4 is 39.2 Å². The number of carbonyl (C=O) groups excluding carboxylic acids is 2. The summed E-state index contributed by atoms with van der Waals surface area (Å²) in [5, 5.41) is 11.5. The van der Waals surface area contributed by atoms with Crippen LogP contribution in [-0.4, -0.2) is 28.6 Å². The number of nitrogens with zero attached hydrogens (tertiary/aromatic N) is 2. The molecule has 0 aliphatic rings. The summed E-state index contributed by atoms with van der Waals surface area (Å²) in [6, 6.07) is 10.2. The minimum atomic E-state index is -0.663. The summed E-state index contributed by atoms with van der Waals surface area (Å²) in [5.74, 6) is 1.11. The van der Waals surface area contributed by atoms with E-state index in [9.17, 15) is 9.59 Å². The molecule has 0 bridgehead atoms. The number of primary amides is 1. The van der Waals surface area contributed by atoms with Crippen LogP contribution in [0.4, 0.5) is 4.79 Å². The van der Waals surface area contributed by atoms with Crippen LogP contribution in [0.5, 0.6) is 0 Å². The van der Waals surface area contributed by atoms with Gasteiger partial charge in [0.05, 0.1) is 17.3 Å². The molecule has 3 amide bonds. The Morgan fingerprint density at radius 3 is 2.68 bits per heavy atom. The first-order valence-electron chi connectivity index (χ1n) is 9.96. The van der Waals surface area contributed by atoms with Crippen molar-refractivity contribution in [3.63, 3.8) is 0 Å². The number of aryl methyl sites for hydroxylation is 1. The lowest BCUT2D eigenvalue weighted by molar-refractivity contribution is -0.121. The van der Waals surface area contributed by atoms with Gasteiger partial charge >= 0.3 is 6.03 Å². The van der Waals surface area contributed by atoms with Crippen LogP contribution in [0.15, 0.2) is 50.8 Å². The Hall–Kier alpha value is -2.72. The average molecular weight is 506 g/mol. The zero-order chi connectivity index (χ0) is 22.1. The third-order valence-electron chi connectivity index (χ3n) is 4.58. The molecule has 0 radical (unpaired) electrons. The number of amides is 3. The second-order valence-electron chi connectivity index (χ2n) is 6.97. The number of hydrogen-bond acceptors (Lipinski definition) is 6. The summed E-state index contributed by atoms with van der Waals surface area (Å²) in [6.45, 7) is 0.562. The topological polar surface area (TPSA) is 123 Å². The summed E-state index contributed by atoms with van der Waals surface area (Å²) in [4.78, 5) is 29.0. The smallest absolute Gasteiger partial charge is 0.312 e. The molecule has 0 unspecified atom stereocenters. The predicted molar refractivity (Wildman–Crippen MR) is 122 cm³/mol. The van der Waals surface area contributed by atoms with Crippen molar-refractivity contribution in [2.24, 2.45) is 5.73 Å². The quantitative estimate of drug-likeness (QED) is 0.337. The van der Waals surface area contributed by atoms with Gasteiger partial charge in [0.15, 0.2) is 0 Å².